The summed E-state index contributed by atoms with van der Waals surface area (Å²) in [5.41, 5.74) is 7.37. The van der Waals surface area contributed by atoms with Crippen LogP contribution in [0.4, 0.5) is 11.5 Å². The third-order valence-electron chi connectivity index (χ3n) is 2.95. The number of rotatable bonds is 4. The Morgan fingerprint density at radius 3 is 2.95 bits per heavy atom. The number of aromatic nitrogens is 5. The Hall–Kier alpha value is -2.70. The van der Waals surface area contributed by atoms with Gasteiger partial charge < -0.3 is 11.1 Å². The molecule has 3 aromatic rings. The maximum absolute atomic E-state index is 5.81. The van der Waals surface area contributed by atoms with E-state index >= 15 is 0 Å². The molecule has 0 aliphatic carbocycles. The summed E-state index contributed by atoms with van der Waals surface area (Å²) in [6.45, 7) is 0.699. The van der Waals surface area contributed by atoms with Crippen molar-refractivity contribution in [2.75, 3.05) is 17.6 Å². The number of nitrogens with one attached hydrogen (secondary N) is 1. The maximum Gasteiger partial charge on any atom is 0.152 e. The van der Waals surface area contributed by atoms with Gasteiger partial charge in [0.05, 0.1) is 5.52 Å². The Bertz CT molecular complexity index is 734. The molecule has 0 unspecified atom stereocenters. The zero-order valence-electron chi connectivity index (χ0n) is 11.1. The van der Waals surface area contributed by atoms with Crippen LogP contribution in [0, 0.1) is 0 Å². The summed E-state index contributed by atoms with van der Waals surface area (Å²) >= 11 is 0. The van der Waals surface area contributed by atoms with Crippen molar-refractivity contribution in [1.82, 2.24) is 24.7 Å². The van der Waals surface area contributed by atoms with Crippen LogP contribution in [0.3, 0.4) is 0 Å². The Kier molecular flexibility index (Phi) is 3.16. The molecule has 20 heavy (non-hydrogen) atoms. The lowest BCUT2D eigenvalue weighted by Crippen LogP contribution is -2.08. The lowest BCUT2D eigenvalue weighted by molar-refractivity contribution is 0.742. The first-order valence-electron chi connectivity index (χ1n) is 6.31. The average Bonchev–Trinajstić information content (AvgIpc) is 2.85. The molecule has 7 heteroatoms. The average molecular weight is 269 g/mol. The van der Waals surface area contributed by atoms with Crippen molar-refractivity contribution >= 4 is 22.4 Å². The Morgan fingerprint density at radius 1 is 1.25 bits per heavy atom. The third-order valence-corrected chi connectivity index (χ3v) is 2.95. The molecule has 2 heterocycles. The van der Waals surface area contributed by atoms with Crippen LogP contribution < -0.4 is 11.1 Å². The summed E-state index contributed by atoms with van der Waals surface area (Å²) in [7, 11) is 1.85. The molecule has 0 saturated carbocycles. The Labute approximate surface area is 115 Å². The fourth-order valence-corrected chi connectivity index (χ4v) is 2.01. The second kappa shape index (κ2) is 5.12. The molecular weight excluding hydrogens is 254 g/mol. The van der Waals surface area contributed by atoms with Crippen LogP contribution in [0.1, 0.15) is 5.82 Å². The summed E-state index contributed by atoms with van der Waals surface area (Å²) in [5.74, 6) is 1.58. The van der Waals surface area contributed by atoms with E-state index in [-0.39, 0.29) is 0 Å². The molecule has 0 saturated heterocycles. The monoisotopic (exact) mass is 269 g/mol. The molecule has 0 bridgehead atoms. The topological polar surface area (TPSA) is 94.5 Å². The first-order valence-corrected chi connectivity index (χ1v) is 6.31. The van der Waals surface area contributed by atoms with Crippen LogP contribution in [0.25, 0.3) is 10.9 Å². The highest BCUT2D eigenvalue weighted by Crippen LogP contribution is 2.21. The van der Waals surface area contributed by atoms with Gasteiger partial charge in [-0.05, 0) is 18.2 Å². The van der Waals surface area contributed by atoms with E-state index in [1.165, 1.54) is 0 Å². The van der Waals surface area contributed by atoms with Crippen molar-refractivity contribution in [3.8, 4) is 0 Å². The first-order chi connectivity index (χ1) is 9.72. The summed E-state index contributed by atoms with van der Waals surface area (Å²) in [4.78, 5) is 12.7. The normalized spacial score (nSPS) is 10.8. The number of anilines is 2. The second-order valence-corrected chi connectivity index (χ2v) is 4.51. The number of hydrogen-bond acceptors (Lipinski definition) is 6. The van der Waals surface area contributed by atoms with Gasteiger partial charge in [-0.2, -0.15) is 5.10 Å². The number of benzene rings is 1. The van der Waals surface area contributed by atoms with Crippen molar-refractivity contribution < 1.29 is 0 Å². The smallest absolute Gasteiger partial charge is 0.152 e. The quantitative estimate of drug-likeness (QED) is 0.686. The zero-order valence-corrected chi connectivity index (χ0v) is 11.1. The van der Waals surface area contributed by atoms with Crippen molar-refractivity contribution in [3.05, 3.63) is 36.7 Å². The highest BCUT2D eigenvalue weighted by Gasteiger charge is 2.04. The number of nitrogens with zero attached hydrogens (tertiary/aromatic N) is 5. The van der Waals surface area contributed by atoms with E-state index in [1.54, 1.807) is 17.3 Å². The molecule has 1 aromatic carbocycles. The van der Waals surface area contributed by atoms with Gasteiger partial charge in [0.25, 0.3) is 0 Å². The molecule has 3 rings (SSSR count). The minimum Gasteiger partial charge on any atom is -0.399 e. The van der Waals surface area contributed by atoms with Gasteiger partial charge in [0.2, 0.25) is 0 Å². The van der Waals surface area contributed by atoms with Crippen molar-refractivity contribution in [2.45, 2.75) is 6.42 Å². The van der Waals surface area contributed by atoms with Crippen molar-refractivity contribution in [2.24, 2.45) is 7.05 Å². The fraction of sp³-hybridized carbons (Fsp3) is 0.231. The number of hydrogen-bond donors (Lipinski definition) is 2. The SMILES string of the molecule is Cn1cnc(CCNc2ncnc3ccc(N)cc23)n1. The molecule has 0 radical (unpaired) electrons. The fourth-order valence-electron chi connectivity index (χ4n) is 2.01. The van der Waals surface area contributed by atoms with Crippen LogP contribution in [0.15, 0.2) is 30.9 Å². The largest absolute Gasteiger partial charge is 0.399 e. The van der Waals surface area contributed by atoms with Gasteiger partial charge in [-0.1, -0.05) is 0 Å². The molecule has 0 spiro atoms. The van der Waals surface area contributed by atoms with Gasteiger partial charge in [0, 0.05) is 31.1 Å². The molecule has 102 valence electrons. The van der Waals surface area contributed by atoms with E-state index in [9.17, 15) is 0 Å². The summed E-state index contributed by atoms with van der Waals surface area (Å²) in [6, 6.07) is 5.59. The van der Waals surface area contributed by atoms with Gasteiger partial charge in [-0.15, -0.1) is 0 Å². The van der Waals surface area contributed by atoms with Gasteiger partial charge in [0.1, 0.15) is 18.5 Å². The molecule has 0 aliphatic rings. The Balaban J connectivity index is 1.75. The lowest BCUT2D eigenvalue weighted by atomic mass is 10.2. The lowest BCUT2D eigenvalue weighted by Gasteiger charge is -2.07. The molecule has 3 N–H and O–H groups in total. The number of fused-ring (bicyclic) bond motifs is 1. The summed E-state index contributed by atoms with van der Waals surface area (Å²) < 4.78 is 1.69. The van der Waals surface area contributed by atoms with E-state index in [1.807, 2.05) is 25.2 Å². The van der Waals surface area contributed by atoms with Gasteiger partial charge in [-0.25, -0.2) is 15.0 Å². The molecule has 7 nitrogen and oxygen atoms in total. The Morgan fingerprint density at radius 2 is 2.15 bits per heavy atom. The van der Waals surface area contributed by atoms with Crippen molar-refractivity contribution in [1.29, 1.82) is 0 Å². The van der Waals surface area contributed by atoms with E-state index in [0.717, 1.165) is 29.0 Å². The van der Waals surface area contributed by atoms with E-state index < -0.39 is 0 Å². The van der Waals surface area contributed by atoms with Gasteiger partial charge in [0.15, 0.2) is 5.82 Å². The van der Waals surface area contributed by atoms with E-state index in [4.69, 9.17) is 5.73 Å². The molecule has 0 fully saturated rings. The molecular formula is C13H15N7. The third kappa shape index (κ3) is 2.51. The standard InChI is InChI=1S/C13H15N7/c1-20-8-18-12(19-20)4-5-15-13-10-6-9(14)2-3-11(10)16-7-17-13/h2-3,6-8H,4-5,14H2,1H3,(H,15,16,17). The van der Waals surface area contributed by atoms with Crippen LogP contribution >= 0.6 is 0 Å². The van der Waals surface area contributed by atoms with Gasteiger partial charge in [-0.3, -0.25) is 4.68 Å². The molecule has 0 atom stereocenters. The molecule has 2 aromatic heterocycles. The highest BCUT2D eigenvalue weighted by molar-refractivity contribution is 5.91. The first kappa shape index (κ1) is 12.3. The number of aryl methyl sites for hydroxylation is 1. The second-order valence-electron chi connectivity index (χ2n) is 4.51. The molecule has 0 amide bonds. The molecule has 0 aliphatic heterocycles. The highest BCUT2D eigenvalue weighted by atomic mass is 15.3. The predicted octanol–water partition coefficient (Wildman–Crippen LogP) is 0.995. The van der Waals surface area contributed by atoms with Crippen molar-refractivity contribution in [3.63, 3.8) is 0 Å². The van der Waals surface area contributed by atoms with Crippen LogP contribution in [0.5, 0.6) is 0 Å². The predicted molar refractivity (Wildman–Crippen MR) is 77.1 cm³/mol. The van der Waals surface area contributed by atoms with E-state index in [0.29, 0.717) is 12.2 Å². The van der Waals surface area contributed by atoms with Crippen LogP contribution in [-0.4, -0.2) is 31.3 Å². The van der Waals surface area contributed by atoms with Gasteiger partial charge >= 0.3 is 0 Å². The summed E-state index contributed by atoms with van der Waals surface area (Å²) in [6.07, 6.45) is 3.96. The number of nitrogens with two attached hydrogens (primary N) is 1. The minimum atomic E-state index is 0.696. The number of nitrogen functional groups attached to an aromatic ring is 1. The maximum atomic E-state index is 5.81. The minimum absolute atomic E-state index is 0.696. The van der Waals surface area contributed by atoms with Crippen LogP contribution in [-0.2, 0) is 13.5 Å². The summed E-state index contributed by atoms with van der Waals surface area (Å²) in [5, 5.41) is 8.43. The van der Waals surface area contributed by atoms with E-state index in [2.05, 4.69) is 25.4 Å². The van der Waals surface area contributed by atoms with Crippen LogP contribution in [0.2, 0.25) is 0 Å². The zero-order chi connectivity index (χ0) is 13.9.